The second-order valence-corrected chi connectivity index (χ2v) is 5.53. The molecule has 0 radical (unpaired) electrons. The van der Waals surface area contributed by atoms with Gasteiger partial charge in [0.05, 0.1) is 12.0 Å². The monoisotopic (exact) mass is 328 g/mol. The average Bonchev–Trinajstić information content (AvgIpc) is 2.44. The predicted molar refractivity (Wildman–Crippen MR) is 80.8 cm³/mol. The van der Waals surface area contributed by atoms with Gasteiger partial charge in [0.2, 0.25) is 0 Å². The molecule has 22 heavy (non-hydrogen) atoms. The van der Waals surface area contributed by atoms with E-state index in [2.05, 4.69) is 10.1 Å². The second kappa shape index (κ2) is 7.74. The quantitative estimate of drug-likeness (QED) is 0.491. The van der Waals surface area contributed by atoms with Crippen LogP contribution in [0.1, 0.15) is 30.6 Å². The normalized spacial score (nSPS) is 11.9. The van der Waals surface area contributed by atoms with Gasteiger partial charge in [-0.3, -0.25) is 14.9 Å². The molecule has 8 heteroatoms. The lowest BCUT2D eigenvalue weighted by Gasteiger charge is -2.18. The molecular weight excluding hydrogens is 312 g/mol. The number of amides is 1. The first-order valence-corrected chi connectivity index (χ1v) is 6.96. The van der Waals surface area contributed by atoms with Crippen LogP contribution < -0.4 is 5.32 Å². The van der Waals surface area contributed by atoms with Crippen LogP contribution in [0.5, 0.6) is 0 Å². The van der Waals surface area contributed by atoms with Crippen LogP contribution in [-0.4, -0.2) is 30.0 Å². The van der Waals surface area contributed by atoms with Crippen molar-refractivity contribution in [3.63, 3.8) is 0 Å². The molecule has 0 saturated heterocycles. The Kier molecular flexibility index (Phi) is 6.30. The van der Waals surface area contributed by atoms with Crippen molar-refractivity contribution in [1.82, 2.24) is 5.32 Å². The third-order valence-electron chi connectivity index (χ3n) is 2.90. The van der Waals surface area contributed by atoms with Gasteiger partial charge in [0.15, 0.2) is 0 Å². The highest BCUT2D eigenvalue weighted by atomic mass is 35.5. The zero-order valence-corrected chi connectivity index (χ0v) is 13.2. The molecule has 1 N–H and O–H groups in total. The first-order valence-electron chi connectivity index (χ1n) is 6.58. The Morgan fingerprint density at radius 2 is 2.05 bits per heavy atom. The molecule has 0 bridgehead atoms. The molecule has 1 aromatic rings. The van der Waals surface area contributed by atoms with Crippen molar-refractivity contribution in [3.8, 4) is 0 Å². The molecule has 0 spiro atoms. The number of carbonyl (C=O) groups excluding carboxylic acids is 2. The van der Waals surface area contributed by atoms with Gasteiger partial charge < -0.3 is 10.1 Å². The van der Waals surface area contributed by atoms with Crippen molar-refractivity contribution in [3.05, 3.63) is 38.9 Å². The Hall–Kier alpha value is -2.15. The smallest absolute Gasteiger partial charge is 0.328 e. The molecule has 0 unspecified atom stereocenters. The fourth-order valence-corrected chi connectivity index (χ4v) is 2.08. The number of methoxy groups -OCH3 is 1. The van der Waals surface area contributed by atoms with Crippen molar-refractivity contribution < 1.29 is 19.2 Å². The molecule has 7 nitrogen and oxygen atoms in total. The van der Waals surface area contributed by atoms with Crippen molar-refractivity contribution in [2.24, 2.45) is 5.92 Å². The van der Waals surface area contributed by atoms with Gasteiger partial charge in [-0.05, 0) is 24.5 Å². The molecule has 1 amide bonds. The molecule has 0 aliphatic rings. The van der Waals surface area contributed by atoms with E-state index < -0.39 is 28.5 Å². The third-order valence-corrected chi connectivity index (χ3v) is 3.13. The largest absolute Gasteiger partial charge is 0.467 e. The molecule has 0 aliphatic carbocycles. The lowest BCUT2D eigenvalue weighted by molar-refractivity contribution is -0.385. The Labute approximate surface area is 132 Å². The van der Waals surface area contributed by atoms with Gasteiger partial charge in [-0.1, -0.05) is 25.4 Å². The van der Waals surface area contributed by atoms with Crippen LogP contribution in [0.25, 0.3) is 0 Å². The number of carbonyl (C=O) groups is 2. The van der Waals surface area contributed by atoms with E-state index in [1.54, 1.807) is 0 Å². The maximum Gasteiger partial charge on any atom is 0.328 e. The fraction of sp³-hybridized carbons (Fsp3) is 0.429. The van der Waals surface area contributed by atoms with Crippen LogP contribution >= 0.6 is 11.6 Å². The Morgan fingerprint density at radius 1 is 1.41 bits per heavy atom. The van der Waals surface area contributed by atoms with E-state index in [0.29, 0.717) is 6.42 Å². The van der Waals surface area contributed by atoms with Crippen LogP contribution in [0.2, 0.25) is 5.02 Å². The van der Waals surface area contributed by atoms with Gasteiger partial charge in [-0.2, -0.15) is 0 Å². The Morgan fingerprint density at radius 3 is 2.55 bits per heavy atom. The van der Waals surface area contributed by atoms with Gasteiger partial charge in [0.1, 0.15) is 11.6 Å². The van der Waals surface area contributed by atoms with Gasteiger partial charge in [0, 0.05) is 11.1 Å². The van der Waals surface area contributed by atoms with Gasteiger partial charge in [-0.15, -0.1) is 0 Å². The number of hydrogen-bond donors (Lipinski definition) is 1. The summed E-state index contributed by atoms with van der Waals surface area (Å²) in [6.45, 7) is 3.76. The van der Waals surface area contributed by atoms with E-state index in [0.717, 1.165) is 6.07 Å². The number of nitro groups is 1. The number of rotatable bonds is 6. The summed E-state index contributed by atoms with van der Waals surface area (Å²) in [5.41, 5.74) is -0.578. The van der Waals surface area contributed by atoms with Crippen LogP contribution in [0.3, 0.4) is 0 Å². The predicted octanol–water partition coefficient (Wildman–Crippen LogP) is 2.57. The van der Waals surface area contributed by atoms with Gasteiger partial charge in [0.25, 0.3) is 11.6 Å². The fourth-order valence-electron chi connectivity index (χ4n) is 1.91. The van der Waals surface area contributed by atoms with E-state index in [1.807, 2.05) is 13.8 Å². The van der Waals surface area contributed by atoms with Crippen LogP contribution in [0.15, 0.2) is 18.2 Å². The standard InChI is InChI=1S/C14H17ClN2O5/c1-8(2)6-11(14(19)22-3)16-13(18)10-5-4-9(15)7-12(10)17(20)21/h4-5,7-8,11H,6H2,1-3H3,(H,16,18)/t11-/m0/s1. The lowest BCUT2D eigenvalue weighted by Crippen LogP contribution is -2.42. The molecule has 0 saturated carbocycles. The number of hydrogen-bond acceptors (Lipinski definition) is 5. The first-order chi connectivity index (χ1) is 10.3. The van der Waals surface area contributed by atoms with E-state index in [1.165, 1.54) is 19.2 Å². The molecule has 0 fully saturated rings. The Balaban J connectivity index is 3.04. The number of nitro benzene ring substituents is 1. The maximum absolute atomic E-state index is 12.2. The topological polar surface area (TPSA) is 98.5 Å². The molecule has 120 valence electrons. The van der Waals surface area contributed by atoms with Crippen LogP contribution in [0.4, 0.5) is 5.69 Å². The SMILES string of the molecule is COC(=O)[C@H](CC(C)C)NC(=O)c1ccc(Cl)cc1[N+](=O)[O-]. The van der Waals surface area contributed by atoms with E-state index in [-0.39, 0.29) is 16.5 Å². The van der Waals surface area contributed by atoms with Crippen molar-refractivity contribution >= 4 is 29.2 Å². The van der Waals surface area contributed by atoms with Gasteiger partial charge in [-0.25, -0.2) is 4.79 Å². The molecule has 0 aromatic heterocycles. The maximum atomic E-state index is 12.2. The average molecular weight is 329 g/mol. The summed E-state index contributed by atoms with van der Waals surface area (Å²) in [6.07, 6.45) is 0.361. The summed E-state index contributed by atoms with van der Waals surface area (Å²) in [5, 5.41) is 13.6. The summed E-state index contributed by atoms with van der Waals surface area (Å²) < 4.78 is 4.64. The zero-order valence-electron chi connectivity index (χ0n) is 12.5. The van der Waals surface area contributed by atoms with Crippen LogP contribution in [-0.2, 0) is 9.53 Å². The highest BCUT2D eigenvalue weighted by Crippen LogP contribution is 2.23. The number of benzene rings is 1. The minimum Gasteiger partial charge on any atom is -0.467 e. The molecule has 1 rings (SSSR count). The van der Waals surface area contributed by atoms with E-state index in [9.17, 15) is 19.7 Å². The molecule has 0 heterocycles. The zero-order chi connectivity index (χ0) is 16.9. The van der Waals surface area contributed by atoms with Crippen molar-refractivity contribution in [2.75, 3.05) is 7.11 Å². The minimum atomic E-state index is -0.868. The molecule has 1 atom stereocenters. The van der Waals surface area contributed by atoms with E-state index >= 15 is 0 Å². The summed E-state index contributed by atoms with van der Waals surface area (Å²) in [7, 11) is 1.21. The van der Waals surface area contributed by atoms with Crippen LogP contribution in [0, 0.1) is 16.0 Å². The first kappa shape index (κ1) is 17.9. The van der Waals surface area contributed by atoms with Crippen molar-refractivity contribution in [2.45, 2.75) is 26.3 Å². The third kappa shape index (κ3) is 4.70. The number of esters is 1. The highest BCUT2D eigenvalue weighted by molar-refractivity contribution is 6.31. The highest BCUT2D eigenvalue weighted by Gasteiger charge is 2.27. The van der Waals surface area contributed by atoms with Gasteiger partial charge >= 0.3 is 5.97 Å². The summed E-state index contributed by atoms with van der Waals surface area (Å²) >= 11 is 5.70. The number of halogens is 1. The number of ether oxygens (including phenoxy) is 1. The minimum absolute atomic E-state index is 0.129. The lowest BCUT2D eigenvalue weighted by atomic mass is 10.0. The number of nitrogens with zero attached hydrogens (tertiary/aromatic N) is 1. The molecular formula is C14H17ClN2O5. The summed E-state index contributed by atoms with van der Waals surface area (Å²) in [6, 6.07) is 2.85. The number of nitrogens with one attached hydrogen (secondary N) is 1. The second-order valence-electron chi connectivity index (χ2n) is 5.10. The Bertz CT molecular complexity index is 589. The van der Waals surface area contributed by atoms with Crippen molar-refractivity contribution in [1.29, 1.82) is 0 Å². The molecule has 0 aliphatic heterocycles. The molecule has 1 aromatic carbocycles. The summed E-state index contributed by atoms with van der Waals surface area (Å²) in [4.78, 5) is 34.2. The van der Waals surface area contributed by atoms with E-state index in [4.69, 9.17) is 11.6 Å². The summed E-state index contributed by atoms with van der Waals surface area (Å²) in [5.74, 6) is -1.19.